The molecule has 4 rings (SSSR count). The fourth-order valence-electron chi connectivity index (χ4n) is 3.16. The molecular weight excluding hydrogens is 370 g/mol. The van der Waals surface area contributed by atoms with Crippen molar-refractivity contribution in [2.75, 3.05) is 5.73 Å². The van der Waals surface area contributed by atoms with Gasteiger partial charge >= 0.3 is 0 Å². The average molecular weight is 385 g/mol. The molecule has 27 heavy (non-hydrogen) atoms. The van der Waals surface area contributed by atoms with Crippen molar-refractivity contribution in [1.82, 2.24) is 19.7 Å². The number of hydrogen-bond acceptors (Lipinski definition) is 7. The van der Waals surface area contributed by atoms with Gasteiger partial charge in [-0.15, -0.1) is 0 Å². The van der Waals surface area contributed by atoms with E-state index < -0.39 is 15.9 Å². The van der Waals surface area contributed by atoms with Crippen LogP contribution in [0.15, 0.2) is 35.4 Å². The van der Waals surface area contributed by atoms with Gasteiger partial charge in [0.15, 0.2) is 5.69 Å². The maximum atomic E-state index is 11.9. The van der Waals surface area contributed by atoms with Gasteiger partial charge in [0.1, 0.15) is 0 Å². The molecule has 0 saturated heterocycles. The second-order valence-electron chi connectivity index (χ2n) is 6.09. The van der Waals surface area contributed by atoms with Crippen LogP contribution in [-0.4, -0.2) is 34.1 Å². The number of sulfonamides is 1. The van der Waals surface area contributed by atoms with Crippen molar-refractivity contribution < 1.29 is 13.2 Å². The second kappa shape index (κ2) is 5.86. The van der Waals surface area contributed by atoms with Crippen molar-refractivity contribution in [3.63, 3.8) is 0 Å². The van der Waals surface area contributed by atoms with E-state index in [0.717, 1.165) is 5.56 Å². The number of fused-ring (bicyclic) bond motifs is 3. The third-order valence-electron chi connectivity index (χ3n) is 4.38. The molecule has 0 spiro atoms. The topological polar surface area (TPSA) is 173 Å². The Labute approximate surface area is 154 Å². The quantitative estimate of drug-likeness (QED) is 0.557. The molecule has 0 atom stereocenters. The van der Waals surface area contributed by atoms with Gasteiger partial charge in [0, 0.05) is 11.8 Å². The third-order valence-corrected chi connectivity index (χ3v) is 5.31. The highest BCUT2D eigenvalue weighted by molar-refractivity contribution is 7.89. The lowest BCUT2D eigenvalue weighted by molar-refractivity contribution is 0.0994. The molecule has 3 aromatic rings. The number of carbonyl (C=O) groups excluding carboxylic acids is 1. The van der Waals surface area contributed by atoms with Crippen molar-refractivity contribution >= 4 is 21.9 Å². The molecular formula is C16H15N7O3S. The van der Waals surface area contributed by atoms with E-state index >= 15 is 0 Å². The van der Waals surface area contributed by atoms with Crippen LogP contribution in [0, 0.1) is 0 Å². The number of nitrogens with zero attached hydrogens (tertiary/aromatic N) is 4. The van der Waals surface area contributed by atoms with E-state index in [4.69, 9.17) is 16.6 Å². The van der Waals surface area contributed by atoms with E-state index in [9.17, 15) is 13.2 Å². The summed E-state index contributed by atoms with van der Waals surface area (Å²) in [5.74, 6) is -0.559. The zero-order valence-electron chi connectivity index (χ0n) is 14.0. The zero-order chi connectivity index (χ0) is 19.3. The fraction of sp³-hybridized carbons (Fsp3) is 0.125. The number of aryl methyl sites for hydroxylation is 1. The number of carbonyl (C=O) groups is 1. The number of rotatable bonds is 3. The van der Waals surface area contributed by atoms with Crippen molar-refractivity contribution in [3.8, 4) is 17.1 Å². The molecule has 0 radical (unpaired) electrons. The molecule has 1 amide bonds. The molecule has 138 valence electrons. The van der Waals surface area contributed by atoms with E-state index in [2.05, 4.69) is 15.1 Å². The van der Waals surface area contributed by atoms with Crippen LogP contribution in [0.5, 0.6) is 0 Å². The monoisotopic (exact) mass is 385 g/mol. The maximum absolute atomic E-state index is 11.9. The Hall–Kier alpha value is -3.31. The van der Waals surface area contributed by atoms with E-state index in [1.54, 1.807) is 6.20 Å². The van der Waals surface area contributed by atoms with E-state index in [0.29, 0.717) is 35.5 Å². The highest BCUT2D eigenvalue weighted by atomic mass is 32.2. The standard InChI is InChI=1S/C16H15N7O3S/c17-15(24)13-11-6-1-8-7-20-16(18)21-12(8)14(11)23(22-13)9-2-4-10(5-3-9)27(19,25)26/h2-5,7H,1,6H2,(H2,17,24)(H2,18,20,21)(H2,19,25,26). The minimum atomic E-state index is -3.82. The van der Waals surface area contributed by atoms with Gasteiger partial charge in [-0.3, -0.25) is 4.79 Å². The largest absolute Gasteiger partial charge is 0.368 e. The first-order valence-electron chi connectivity index (χ1n) is 7.92. The minimum absolute atomic E-state index is 0.0330. The predicted molar refractivity (Wildman–Crippen MR) is 96.3 cm³/mol. The maximum Gasteiger partial charge on any atom is 0.269 e. The van der Waals surface area contributed by atoms with Gasteiger partial charge < -0.3 is 11.5 Å². The van der Waals surface area contributed by atoms with Crippen LogP contribution in [0.2, 0.25) is 0 Å². The van der Waals surface area contributed by atoms with Crippen molar-refractivity contribution in [2.24, 2.45) is 10.9 Å². The van der Waals surface area contributed by atoms with Crippen molar-refractivity contribution in [2.45, 2.75) is 17.7 Å². The number of nitrogens with two attached hydrogens (primary N) is 3. The normalized spacial score (nSPS) is 13.1. The number of anilines is 1. The Balaban J connectivity index is 1.96. The van der Waals surface area contributed by atoms with Crippen LogP contribution in [0.3, 0.4) is 0 Å². The van der Waals surface area contributed by atoms with Gasteiger partial charge in [-0.05, 0) is 42.7 Å². The summed E-state index contributed by atoms with van der Waals surface area (Å²) in [4.78, 5) is 20.2. The summed E-state index contributed by atoms with van der Waals surface area (Å²) in [5.41, 5.74) is 14.6. The number of primary sulfonamides is 1. The summed E-state index contributed by atoms with van der Waals surface area (Å²) in [5, 5.41) is 9.48. The van der Waals surface area contributed by atoms with Crippen LogP contribution in [-0.2, 0) is 22.9 Å². The molecule has 0 fully saturated rings. The lowest BCUT2D eigenvalue weighted by Crippen LogP contribution is -2.16. The number of aromatic nitrogens is 4. The Morgan fingerprint density at radius 2 is 1.85 bits per heavy atom. The summed E-state index contributed by atoms with van der Waals surface area (Å²) < 4.78 is 24.4. The molecule has 0 unspecified atom stereocenters. The molecule has 11 heteroatoms. The summed E-state index contributed by atoms with van der Waals surface area (Å²) in [7, 11) is -3.82. The lowest BCUT2D eigenvalue weighted by Gasteiger charge is -2.17. The summed E-state index contributed by atoms with van der Waals surface area (Å²) in [6, 6.07) is 5.80. The second-order valence-corrected chi connectivity index (χ2v) is 7.65. The minimum Gasteiger partial charge on any atom is -0.368 e. The fourth-order valence-corrected chi connectivity index (χ4v) is 3.68. The van der Waals surface area contributed by atoms with Crippen LogP contribution in [0.1, 0.15) is 21.6 Å². The molecule has 0 bridgehead atoms. The lowest BCUT2D eigenvalue weighted by atomic mass is 9.93. The van der Waals surface area contributed by atoms with Gasteiger partial charge in [-0.2, -0.15) is 5.10 Å². The molecule has 6 N–H and O–H groups in total. The highest BCUT2D eigenvalue weighted by Crippen LogP contribution is 2.35. The molecule has 0 saturated carbocycles. The Morgan fingerprint density at radius 3 is 2.48 bits per heavy atom. The van der Waals surface area contributed by atoms with Gasteiger partial charge in [-0.1, -0.05) is 0 Å². The molecule has 10 nitrogen and oxygen atoms in total. The van der Waals surface area contributed by atoms with Crippen LogP contribution >= 0.6 is 0 Å². The summed E-state index contributed by atoms with van der Waals surface area (Å²) in [6.07, 6.45) is 2.81. The van der Waals surface area contributed by atoms with Crippen molar-refractivity contribution in [3.05, 3.63) is 47.3 Å². The van der Waals surface area contributed by atoms with Gasteiger partial charge in [0.05, 0.1) is 22.0 Å². The Morgan fingerprint density at radius 1 is 1.15 bits per heavy atom. The van der Waals surface area contributed by atoms with E-state index in [1.807, 2.05) is 0 Å². The first-order valence-corrected chi connectivity index (χ1v) is 9.47. The van der Waals surface area contributed by atoms with Gasteiger partial charge in [0.25, 0.3) is 5.91 Å². The summed E-state index contributed by atoms with van der Waals surface area (Å²) >= 11 is 0. The van der Waals surface area contributed by atoms with Crippen molar-refractivity contribution in [1.29, 1.82) is 0 Å². The van der Waals surface area contributed by atoms with E-state index in [-0.39, 0.29) is 16.5 Å². The molecule has 2 heterocycles. The third kappa shape index (κ3) is 2.82. The summed E-state index contributed by atoms with van der Waals surface area (Å²) in [6.45, 7) is 0. The van der Waals surface area contributed by atoms with Gasteiger partial charge in [-0.25, -0.2) is 28.2 Å². The molecule has 1 aliphatic carbocycles. The van der Waals surface area contributed by atoms with Gasteiger partial charge in [0.2, 0.25) is 16.0 Å². The molecule has 2 aromatic heterocycles. The highest BCUT2D eigenvalue weighted by Gasteiger charge is 2.29. The molecule has 1 aliphatic rings. The van der Waals surface area contributed by atoms with Crippen LogP contribution in [0.4, 0.5) is 5.95 Å². The predicted octanol–water partition coefficient (Wildman–Crippen LogP) is -0.244. The number of hydrogen-bond donors (Lipinski definition) is 3. The van der Waals surface area contributed by atoms with Crippen LogP contribution < -0.4 is 16.6 Å². The SMILES string of the molecule is NC(=O)c1nn(-c2ccc(S(N)(=O)=O)cc2)c2c1CCc1cnc(N)nc1-2. The first-order chi connectivity index (χ1) is 12.8. The van der Waals surface area contributed by atoms with E-state index in [1.165, 1.54) is 28.9 Å². The Bertz CT molecular complexity index is 1180. The Kier molecular flexibility index (Phi) is 3.71. The number of benzene rings is 1. The average Bonchev–Trinajstić information content (AvgIpc) is 3.01. The first kappa shape index (κ1) is 17.1. The number of amides is 1. The number of nitrogen functional groups attached to an aromatic ring is 1. The number of primary amides is 1. The molecule has 1 aromatic carbocycles. The zero-order valence-corrected chi connectivity index (χ0v) is 14.8. The molecule has 0 aliphatic heterocycles. The van der Waals surface area contributed by atoms with Crippen LogP contribution in [0.25, 0.3) is 17.1 Å². The smallest absolute Gasteiger partial charge is 0.269 e.